The summed E-state index contributed by atoms with van der Waals surface area (Å²) >= 11 is 3.39. The summed E-state index contributed by atoms with van der Waals surface area (Å²) in [5, 5.41) is 9.78. The van der Waals surface area contributed by atoms with Crippen LogP contribution in [0.3, 0.4) is 0 Å². The number of hydrogen-bond donors (Lipinski definition) is 0. The van der Waals surface area contributed by atoms with Gasteiger partial charge >= 0.3 is 6.36 Å². The third-order valence-corrected chi connectivity index (χ3v) is 6.98. The van der Waals surface area contributed by atoms with Gasteiger partial charge in [0.1, 0.15) is 27.5 Å². The van der Waals surface area contributed by atoms with Gasteiger partial charge in [0, 0.05) is 44.3 Å². The Hall–Kier alpha value is -3.26. The zero-order valence-electron chi connectivity index (χ0n) is 18.1. The predicted octanol–water partition coefficient (Wildman–Crippen LogP) is 4.18. The fourth-order valence-electron chi connectivity index (χ4n) is 4.97. The Morgan fingerprint density at radius 3 is 2.44 bits per heavy atom. The molecule has 0 radical (unpaired) electrons. The highest BCUT2D eigenvalue weighted by Crippen LogP contribution is 2.44. The Morgan fingerprint density at radius 2 is 1.79 bits per heavy atom. The SMILES string of the molecule is Cn1c(=O)c(C#N)c(N2CCC3(CN(c4ccc(OC(F)(F)F)cc4)C3)C2)c2nc(Br)ccc21. The third-order valence-electron chi connectivity index (χ3n) is 6.54. The highest BCUT2D eigenvalue weighted by atomic mass is 79.9. The highest BCUT2D eigenvalue weighted by molar-refractivity contribution is 9.10. The van der Waals surface area contributed by atoms with Crippen LogP contribution in [0.25, 0.3) is 11.0 Å². The van der Waals surface area contributed by atoms with E-state index in [1.807, 2.05) is 6.07 Å². The van der Waals surface area contributed by atoms with E-state index in [2.05, 4.69) is 41.5 Å². The van der Waals surface area contributed by atoms with Gasteiger partial charge in [-0.25, -0.2) is 4.98 Å². The first-order valence-electron chi connectivity index (χ1n) is 10.5. The van der Waals surface area contributed by atoms with Crippen LogP contribution in [-0.4, -0.2) is 42.1 Å². The molecule has 3 aromatic rings. The van der Waals surface area contributed by atoms with Crippen LogP contribution in [0.4, 0.5) is 24.5 Å². The third kappa shape index (κ3) is 3.86. The van der Waals surface area contributed by atoms with Gasteiger partial charge in [-0.15, -0.1) is 13.2 Å². The van der Waals surface area contributed by atoms with Crippen molar-refractivity contribution in [2.24, 2.45) is 12.5 Å². The van der Waals surface area contributed by atoms with Gasteiger partial charge in [0.05, 0.1) is 11.2 Å². The number of fused-ring (bicyclic) bond motifs is 1. The molecule has 34 heavy (non-hydrogen) atoms. The molecule has 0 unspecified atom stereocenters. The number of benzene rings is 1. The fourth-order valence-corrected chi connectivity index (χ4v) is 5.28. The summed E-state index contributed by atoms with van der Waals surface area (Å²) in [6, 6.07) is 11.5. The lowest BCUT2D eigenvalue weighted by atomic mass is 9.78. The molecule has 11 heteroatoms. The molecular formula is C23H19BrF3N5O2. The number of aryl methyl sites for hydroxylation is 1. The molecule has 2 aliphatic heterocycles. The molecule has 1 aromatic carbocycles. The second-order valence-corrected chi connectivity index (χ2v) is 9.58. The maximum atomic E-state index is 12.9. The molecule has 2 saturated heterocycles. The summed E-state index contributed by atoms with van der Waals surface area (Å²) in [5.74, 6) is -0.251. The van der Waals surface area contributed by atoms with Gasteiger partial charge in [-0.1, -0.05) is 0 Å². The number of aromatic nitrogens is 2. The summed E-state index contributed by atoms with van der Waals surface area (Å²) in [7, 11) is 1.63. The van der Waals surface area contributed by atoms with Crippen molar-refractivity contribution in [3.05, 3.63) is 56.9 Å². The molecule has 4 heterocycles. The second-order valence-electron chi connectivity index (χ2n) is 8.77. The molecule has 0 amide bonds. The van der Waals surface area contributed by atoms with Crippen LogP contribution in [-0.2, 0) is 7.05 Å². The second kappa shape index (κ2) is 7.91. The minimum atomic E-state index is -4.72. The Bertz CT molecular complexity index is 1380. The van der Waals surface area contributed by atoms with E-state index in [1.165, 1.54) is 16.7 Å². The van der Waals surface area contributed by atoms with Gasteiger partial charge in [-0.2, -0.15) is 5.26 Å². The van der Waals surface area contributed by atoms with Gasteiger partial charge < -0.3 is 19.1 Å². The van der Waals surface area contributed by atoms with E-state index in [-0.39, 0.29) is 22.3 Å². The van der Waals surface area contributed by atoms with Crippen LogP contribution in [0.2, 0.25) is 0 Å². The van der Waals surface area contributed by atoms with Gasteiger partial charge in [-0.05, 0) is 58.7 Å². The topological polar surface area (TPSA) is 74.4 Å². The van der Waals surface area contributed by atoms with Crippen molar-refractivity contribution in [2.45, 2.75) is 12.8 Å². The van der Waals surface area contributed by atoms with Gasteiger partial charge in [0.25, 0.3) is 5.56 Å². The van der Waals surface area contributed by atoms with Crippen molar-refractivity contribution >= 4 is 38.3 Å². The average molecular weight is 534 g/mol. The standard InChI is InChI=1S/C23H19BrF3N5O2/c1-30-17-6-7-18(24)29-19(17)20(16(10-28)21(30)33)31-9-8-22(11-31)12-32(13-22)14-2-4-15(5-3-14)34-23(25,26)27/h2-7H,8-9,11-13H2,1H3. The summed E-state index contributed by atoms with van der Waals surface area (Å²) in [4.78, 5) is 21.6. The van der Waals surface area contributed by atoms with Gasteiger partial charge in [0.2, 0.25) is 0 Å². The van der Waals surface area contributed by atoms with E-state index >= 15 is 0 Å². The highest BCUT2D eigenvalue weighted by Gasteiger charge is 2.48. The summed E-state index contributed by atoms with van der Waals surface area (Å²) in [6.07, 6.45) is -3.85. The zero-order valence-corrected chi connectivity index (χ0v) is 19.7. The molecule has 2 fully saturated rings. The van der Waals surface area contributed by atoms with E-state index in [4.69, 9.17) is 0 Å². The maximum Gasteiger partial charge on any atom is 0.573 e. The predicted molar refractivity (Wildman–Crippen MR) is 124 cm³/mol. The van der Waals surface area contributed by atoms with Crippen LogP contribution in [0.1, 0.15) is 12.0 Å². The molecule has 1 spiro atoms. The number of nitriles is 1. The minimum Gasteiger partial charge on any atom is -0.406 e. The maximum absolute atomic E-state index is 12.9. The van der Waals surface area contributed by atoms with Crippen molar-refractivity contribution in [3.63, 3.8) is 0 Å². The monoisotopic (exact) mass is 533 g/mol. The van der Waals surface area contributed by atoms with Crippen molar-refractivity contribution in [1.29, 1.82) is 5.26 Å². The molecule has 0 aliphatic carbocycles. The van der Waals surface area contributed by atoms with Crippen LogP contribution < -0.4 is 20.1 Å². The normalized spacial score (nSPS) is 17.2. The Labute approximate surface area is 201 Å². The zero-order chi connectivity index (χ0) is 24.3. The number of nitrogens with zero attached hydrogens (tertiary/aromatic N) is 5. The lowest BCUT2D eigenvalue weighted by Gasteiger charge is -2.49. The smallest absolute Gasteiger partial charge is 0.406 e. The number of ether oxygens (including phenoxy) is 1. The van der Waals surface area contributed by atoms with E-state index in [1.54, 1.807) is 25.2 Å². The summed E-state index contributed by atoms with van der Waals surface area (Å²) < 4.78 is 43.2. The molecular weight excluding hydrogens is 515 g/mol. The first-order valence-corrected chi connectivity index (χ1v) is 11.3. The van der Waals surface area contributed by atoms with Crippen molar-refractivity contribution < 1.29 is 17.9 Å². The Kier molecular flexibility index (Phi) is 5.24. The van der Waals surface area contributed by atoms with Crippen LogP contribution in [0, 0.1) is 16.7 Å². The van der Waals surface area contributed by atoms with Crippen LogP contribution in [0.5, 0.6) is 5.75 Å². The van der Waals surface area contributed by atoms with E-state index in [9.17, 15) is 23.2 Å². The van der Waals surface area contributed by atoms with Gasteiger partial charge in [-0.3, -0.25) is 4.79 Å². The molecule has 2 aliphatic rings. The minimum absolute atomic E-state index is 0.0344. The number of anilines is 2. The molecule has 7 nitrogen and oxygen atoms in total. The van der Waals surface area contributed by atoms with Crippen molar-refractivity contribution in [3.8, 4) is 11.8 Å². The van der Waals surface area contributed by atoms with E-state index < -0.39 is 6.36 Å². The molecule has 2 aromatic heterocycles. The molecule has 176 valence electrons. The van der Waals surface area contributed by atoms with Crippen molar-refractivity contribution in [2.75, 3.05) is 36.0 Å². The van der Waals surface area contributed by atoms with E-state index in [0.717, 1.165) is 25.2 Å². The average Bonchev–Trinajstić information content (AvgIpc) is 3.20. The van der Waals surface area contributed by atoms with Gasteiger partial charge in [0.15, 0.2) is 0 Å². The number of alkyl halides is 3. The largest absolute Gasteiger partial charge is 0.573 e. The Morgan fingerprint density at radius 1 is 1.12 bits per heavy atom. The van der Waals surface area contributed by atoms with Crippen LogP contribution >= 0.6 is 15.9 Å². The van der Waals surface area contributed by atoms with Crippen molar-refractivity contribution in [1.82, 2.24) is 9.55 Å². The molecule has 5 rings (SSSR count). The molecule has 0 atom stereocenters. The van der Waals surface area contributed by atoms with E-state index in [0.29, 0.717) is 34.4 Å². The lowest BCUT2D eigenvalue weighted by Crippen LogP contribution is -2.57. The fraction of sp³-hybridized carbons (Fsp3) is 0.348. The lowest BCUT2D eigenvalue weighted by molar-refractivity contribution is -0.274. The summed E-state index contributed by atoms with van der Waals surface area (Å²) in [6.45, 7) is 2.79. The van der Waals surface area contributed by atoms with Crippen LogP contribution in [0.15, 0.2) is 45.8 Å². The molecule has 0 N–H and O–H groups in total. The quantitative estimate of drug-likeness (QED) is 0.470. The molecule has 0 bridgehead atoms. The number of rotatable bonds is 3. The first-order chi connectivity index (χ1) is 16.1. The summed E-state index contributed by atoms with van der Waals surface area (Å²) in [5.41, 5.74) is 2.32. The first kappa shape index (κ1) is 22.5. The number of halogens is 4. The Balaban J connectivity index is 1.38. The number of hydrogen-bond acceptors (Lipinski definition) is 6. The molecule has 0 saturated carbocycles. The number of pyridine rings is 2.